The molecule has 12 nitrogen and oxygen atoms in total. The van der Waals surface area contributed by atoms with E-state index in [-0.39, 0.29) is 25.2 Å². The van der Waals surface area contributed by atoms with Crippen molar-refractivity contribution in [1.29, 1.82) is 0 Å². The maximum Gasteiger partial charge on any atom is 0.305 e. The lowest BCUT2D eigenvalue weighted by molar-refractivity contribution is -0.146. The molecule has 298 valence electrons. The minimum atomic E-state index is -0.148. The summed E-state index contributed by atoms with van der Waals surface area (Å²) in [5, 5.41) is 0. The van der Waals surface area contributed by atoms with E-state index in [4.69, 9.17) is 47.4 Å². The van der Waals surface area contributed by atoms with E-state index in [1.54, 1.807) is 0 Å². The molecule has 0 rings (SSSR count). The van der Waals surface area contributed by atoms with Gasteiger partial charge in [0.25, 0.3) is 0 Å². The molecule has 0 saturated heterocycles. The van der Waals surface area contributed by atoms with Gasteiger partial charge in [-0.3, -0.25) is 9.59 Å². The smallest absolute Gasteiger partial charge is 0.305 e. The molecule has 0 saturated carbocycles. The van der Waals surface area contributed by atoms with Crippen LogP contribution in [0.25, 0.3) is 0 Å². The first-order valence-corrected chi connectivity index (χ1v) is 19.6. The molecule has 0 N–H and O–H groups in total. The zero-order valence-electron chi connectivity index (χ0n) is 31.9. The fourth-order valence-corrected chi connectivity index (χ4v) is 4.67. The molecule has 0 unspecified atom stereocenters. The third kappa shape index (κ3) is 42.8. The molecule has 0 aliphatic rings. The van der Waals surface area contributed by atoms with Crippen molar-refractivity contribution in [3.63, 3.8) is 0 Å². The SMILES string of the molecule is CCCCCCCCCCCC(=O)OCCOCCOCCOCCOCCOCCOCCOCCOCCOC(=O)CCCCCCC. The highest BCUT2D eigenvalue weighted by Crippen LogP contribution is 2.11. The molecule has 0 aromatic carbocycles. The van der Waals surface area contributed by atoms with E-state index in [1.807, 2.05) is 0 Å². The Hall–Kier alpha value is -1.38. The number of ether oxygens (including phenoxy) is 10. The van der Waals surface area contributed by atoms with Crippen LogP contribution in [-0.2, 0) is 57.0 Å². The Kier molecular flexibility index (Phi) is 42.6. The van der Waals surface area contributed by atoms with Crippen molar-refractivity contribution in [1.82, 2.24) is 0 Å². The molecule has 0 radical (unpaired) electrons. The van der Waals surface area contributed by atoms with Crippen LogP contribution in [0, 0.1) is 0 Å². The highest BCUT2D eigenvalue weighted by atomic mass is 16.6. The molecule has 50 heavy (non-hydrogen) atoms. The summed E-state index contributed by atoms with van der Waals surface area (Å²) in [6.07, 6.45) is 17.7. The highest BCUT2D eigenvalue weighted by molar-refractivity contribution is 5.69. The lowest BCUT2D eigenvalue weighted by atomic mass is 10.1. The molecule has 0 aliphatic carbocycles. The molecule has 0 fully saturated rings. The van der Waals surface area contributed by atoms with E-state index in [1.165, 1.54) is 64.2 Å². The molecule has 0 atom stereocenters. The second-order valence-electron chi connectivity index (χ2n) is 12.1. The van der Waals surface area contributed by atoms with Crippen molar-refractivity contribution in [3.8, 4) is 0 Å². The van der Waals surface area contributed by atoms with Gasteiger partial charge in [-0.2, -0.15) is 0 Å². The van der Waals surface area contributed by atoms with E-state index in [9.17, 15) is 9.59 Å². The van der Waals surface area contributed by atoms with Crippen LogP contribution in [0.1, 0.15) is 117 Å². The number of carbonyl (C=O) groups is 2. The van der Waals surface area contributed by atoms with Gasteiger partial charge in [-0.25, -0.2) is 0 Å². The fourth-order valence-electron chi connectivity index (χ4n) is 4.67. The maximum atomic E-state index is 11.8. The number of esters is 2. The van der Waals surface area contributed by atoms with Crippen LogP contribution in [-0.4, -0.2) is 131 Å². The Labute approximate surface area is 304 Å². The van der Waals surface area contributed by atoms with Gasteiger partial charge in [0.15, 0.2) is 0 Å². The number of hydrogen-bond acceptors (Lipinski definition) is 12. The summed E-state index contributed by atoms with van der Waals surface area (Å²) in [5.74, 6) is -0.286. The zero-order valence-corrected chi connectivity index (χ0v) is 31.9. The summed E-state index contributed by atoms with van der Waals surface area (Å²) in [5.41, 5.74) is 0. The second kappa shape index (κ2) is 43.8. The second-order valence-corrected chi connectivity index (χ2v) is 12.1. The largest absolute Gasteiger partial charge is 0.463 e. The summed E-state index contributed by atoms with van der Waals surface area (Å²) < 4.78 is 54.1. The van der Waals surface area contributed by atoms with Crippen LogP contribution >= 0.6 is 0 Å². The van der Waals surface area contributed by atoms with Crippen LogP contribution in [0.3, 0.4) is 0 Å². The van der Waals surface area contributed by atoms with Crippen molar-refractivity contribution in [3.05, 3.63) is 0 Å². The van der Waals surface area contributed by atoms with Gasteiger partial charge in [0.1, 0.15) is 13.2 Å². The Balaban J connectivity index is 3.14. The van der Waals surface area contributed by atoms with E-state index in [2.05, 4.69) is 13.8 Å². The normalized spacial score (nSPS) is 11.3. The lowest BCUT2D eigenvalue weighted by Gasteiger charge is -2.09. The van der Waals surface area contributed by atoms with Crippen LogP contribution in [0.4, 0.5) is 0 Å². The molecule has 0 heterocycles. The third-order valence-corrected chi connectivity index (χ3v) is 7.55. The van der Waals surface area contributed by atoms with E-state index in [0.29, 0.717) is 119 Å². The minimum Gasteiger partial charge on any atom is -0.463 e. The molecule has 0 aromatic heterocycles. The van der Waals surface area contributed by atoms with Gasteiger partial charge in [0.2, 0.25) is 0 Å². The van der Waals surface area contributed by atoms with Gasteiger partial charge in [0.05, 0.1) is 106 Å². The van der Waals surface area contributed by atoms with Gasteiger partial charge < -0.3 is 47.4 Å². The van der Waals surface area contributed by atoms with Gasteiger partial charge in [-0.15, -0.1) is 0 Å². The van der Waals surface area contributed by atoms with E-state index in [0.717, 1.165) is 25.7 Å². The molecule has 0 bridgehead atoms. The standard InChI is InChI=1S/C38H74O12/c1-3-5-7-9-10-11-12-14-16-18-38(40)50-36-34-48-32-30-46-28-26-44-24-22-42-20-19-41-21-23-43-25-27-45-29-31-47-33-35-49-37(39)17-15-13-8-6-4-2/h3-36H2,1-2H3. The number of rotatable bonds is 43. The molecule has 0 aromatic rings. The first-order valence-electron chi connectivity index (χ1n) is 19.6. The number of carbonyl (C=O) groups excluding carboxylic acids is 2. The van der Waals surface area contributed by atoms with Crippen LogP contribution in [0.2, 0.25) is 0 Å². The van der Waals surface area contributed by atoms with Crippen molar-refractivity contribution in [2.24, 2.45) is 0 Å². The van der Waals surface area contributed by atoms with Crippen molar-refractivity contribution < 1.29 is 57.0 Å². The van der Waals surface area contributed by atoms with Gasteiger partial charge in [-0.05, 0) is 12.8 Å². The van der Waals surface area contributed by atoms with Crippen LogP contribution in [0.15, 0.2) is 0 Å². The maximum absolute atomic E-state index is 11.8. The number of unbranched alkanes of at least 4 members (excludes halogenated alkanes) is 12. The van der Waals surface area contributed by atoms with Gasteiger partial charge in [0, 0.05) is 12.8 Å². The first kappa shape index (κ1) is 48.6. The lowest BCUT2D eigenvalue weighted by Crippen LogP contribution is -2.15. The number of hydrogen-bond donors (Lipinski definition) is 0. The Morgan fingerprint density at radius 3 is 0.720 bits per heavy atom. The Morgan fingerprint density at radius 2 is 0.480 bits per heavy atom. The topological polar surface area (TPSA) is 126 Å². The van der Waals surface area contributed by atoms with E-state index >= 15 is 0 Å². The Morgan fingerprint density at radius 1 is 0.280 bits per heavy atom. The molecule has 12 heteroatoms. The summed E-state index contributed by atoms with van der Waals surface area (Å²) in [7, 11) is 0. The van der Waals surface area contributed by atoms with E-state index < -0.39 is 0 Å². The minimum absolute atomic E-state index is 0.138. The monoisotopic (exact) mass is 723 g/mol. The zero-order chi connectivity index (χ0) is 36.3. The average Bonchev–Trinajstić information content (AvgIpc) is 3.12. The molecule has 0 spiro atoms. The third-order valence-electron chi connectivity index (χ3n) is 7.55. The first-order chi connectivity index (χ1) is 24.7. The molecular weight excluding hydrogens is 648 g/mol. The summed E-state index contributed by atoms with van der Waals surface area (Å²) in [6.45, 7) is 12.5. The fraction of sp³-hybridized carbons (Fsp3) is 0.947. The summed E-state index contributed by atoms with van der Waals surface area (Å²) in [4.78, 5) is 23.4. The predicted octanol–water partition coefficient (Wildman–Crippen LogP) is 6.49. The molecular formula is C38H74O12. The molecule has 0 aliphatic heterocycles. The van der Waals surface area contributed by atoms with Crippen LogP contribution in [0.5, 0.6) is 0 Å². The Bertz CT molecular complexity index is 682. The molecule has 0 amide bonds. The van der Waals surface area contributed by atoms with Crippen molar-refractivity contribution in [2.75, 3.05) is 119 Å². The van der Waals surface area contributed by atoms with Gasteiger partial charge >= 0.3 is 11.9 Å². The van der Waals surface area contributed by atoms with Crippen LogP contribution < -0.4 is 0 Å². The quantitative estimate of drug-likeness (QED) is 0.0505. The van der Waals surface area contributed by atoms with Crippen molar-refractivity contribution >= 4 is 11.9 Å². The average molecular weight is 723 g/mol. The van der Waals surface area contributed by atoms with Gasteiger partial charge in [-0.1, -0.05) is 90.9 Å². The summed E-state index contributed by atoms with van der Waals surface area (Å²) in [6, 6.07) is 0. The highest BCUT2D eigenvalue weighted by Gasteiger charge is 2.04. The summed E-state index contributed by atoms with van der Waals surface area (Å²) >= 11 is 0. The van der Waals surface area contributed by atoms with Crippen molar-refractivity contribution in [2.45, 2.75) is 117 Å². The predicted molar refractivity (Wildman–Crippen MR) is 194 cm³/mol.